The maximum absolute atomic E-state index is 13.2. The number of amides is 1. The molecule has 1 fully saturated rings. The number of ether oxygens (including phenoxy) is 4. The number of rotatable bonds is 12. The Morgan fingerprint density at radius 1 is 0.851 bits per heavy atom. The maximum atomic E-state index is 13.2. The van der Waals surface area contributed by atoms with Crippen LogP contribution in [0.2, 0.25) is 0 Å². The van der Waals surface area contributed by atoms with Crippen molar-refractivity contribution in [3.05, 3.63) is 128 Å². The molecule has 0 radical (unpaired) electrons. The summed E-state index contributed by atoms with van der Waals surface area (Å²) in [5.74, 6) is 0.286. The topological polar surface area (TPSA) is 133 Å². The molecule has 3 aromatic carbocycles. The second-order valence-electron chi connectivity index (χ2n) is 12.4. The summed E-state index contributed by atoms with van der Waals surface area (Å²) in [6, 6.07) is 26.0. The second-order valence-corrected chi connectivity index (χ2v) is 12.4. The van der Waals surface area contributed by atoms with Crippen LogP contribution in [0.1, 0.15) is 36.1 Å². The number of hydrogen-bond acceptors (Lipinski definition) is 8. The zero-order chi connectivity index (χ0) is 33.7. The van der Waals surface area contributed by atoms with Crippen molar-refractivity contribution in [2.45, 2.75) is 38.6 Å². The molecule has 47 heavy (non-hydrogen) atoms. The molecule has 4 aromatic rings. The summed E-state index contributed by atoms with van der Waals surface area (Å²) < 4.78 is 24.5. The molecule has 248 valence electrons. The van der Waals surface area contributed by atoms with Crippen molar-refractivity contribution in [1.29, 1.82) is 0 Å². The van der Waals surface area contributed by atoms with E-state index in [0.29, 0.717) is 25.3 Å². The highest BCUT2D eigenvalue weighted by Crippen LogP contribution is 2.40. The van der Waals surface area contributed by atoms with E-state index in [1.807, 2.05) is 80.6 Å². The van der Waals surface area contributed by atoms with Gasteiger partial charge in [0, 0.05) is 30.3 Å². The summed E-state index contributed by atoms with van der Waals surface area (Å²) in [6.07, 6.45) is 1.38. The maximum Gasteiger partial charge on any atom is 0.328 e. The van der Waals surface area contributed by atoms with Crippen LogP contribution in [0.5, 0.6) is 11.5 Å². The molecular formula is C36H42N4O7. The fourth-order valence-corrected chi connectivity index (χ4v) is 5.73. The number of methoxy groups -OCH3 is 2. The summed E-state index contributed by atoms with van der Waals surface area (Å²) in [5.41, 5.74) is 0.611. The molecule has 2 heterocycles. The molecule has 1 saturated heterocycles. The van der Waals surface area contributed by atoms with Gasteiger partial charge in [-0.2, -0.15) is 0 Å². The van der Waals surface area contributed by atoms with Crippen molar-refractivity contribution < 1.29 is 23.7 Å². The van der Waals surface area contributed by atoms with Gasteiger partial charge in [-0.25, -0.2) is 4.79 Å². The van der Waals surface area contributed by atoms with Crippen LogP contribution >= 0.6 is 0 Å². The zero-order valence-electron chi connectivity index (χ0n) is 27.4. The number of aromatic nitrogens is 2. The molecule has 3 N–H and O–H groups in total. The third kappa shape index (κ3) is 7.48. The second kappa shape index (κ2) is 14.0. The first-order valence-corrected chi connectivity index (χ1v) is 15.4. The quantitative estimate of drug-likeness (QED) is 0.201. The number of hydrogen-bond donors (Lipinski definition) is 3. The van der Waals surface area contributed by atoms with Crippen LogP contribution < -0.4 is 31.4 Å². The van der Waals surface area contributed by atoms with Crippen molar-refractivity contribution >= 4 is 5.91 Å². The molecule has 0 saturated carbocycles. The predicted molar refractivity (Wildman–Crippen MR) is 178 cm³/mol. The molecule has 5 rings (SSSR count). The van der Waals surface area contributed by atoms with Crippen molar-refractivity contribution in [2.75, 3.05) is 40.5 Å². The Hall–Kier alpha value is -4.71. The van der Waals surface area contributed by atoms with Gasteiger partial charge in [0.2, 0.25) is 5.91 Å². The Kier molecular flexibility index (Phi) is 9.99. The monoisotopic (exact) mass is 642 g/mol. The van der Waals surface area contributed by atoms with E-state index in [1.165, 1.54) is 10.8 Å². The largest absolute Gasteiger partial charge is 0.497 e. The number of nitrogens with one attached hydrogen (secondary N) is 3. The van der Waals surface area contributed by atoms with Gasteiger partial charge in [-0.05, 0) is 61.7 Å². The van der Waals surface area contributed by atoms with E-state index in [-0.39, 0.29) is 19.0 Å². The fraction of sp³-hybridized carbons (Fsp3) is 0.361. The molecule has 1 aromatic heterocycles. The molecule has 0 atom stereocenters. The van der Waals surface area contributed by atoms with Crippen molar-refractivity contribution in [3.63, 3.8) is 0 Å². The molecule has 1 aliphatic rings. The molecule has 0 bridgehead atoms. The van der Waals surface area contributed by atoms with E-state index in [0.717, 1.165) is 28.2 Å². The van der Waals surface area contributed by atoms with E-state index >= 15 is 0 Å². The van der Waals surface area contributed by atoms with Gasteiger partial charge in [0.25, 0.3) is 5.56 Å². The number of nitrogens with zero attached hydrogens (tertiary/aromatic N) is 1. The molecule has 0 spiro atoms. The van der Waals surface area contributed by atoms with Crippen LogP contribution in [0.25, 0.3) is 0 Å². The Morgan fingerprint density at radius 2 is 1.38 bits per heavy atom. The first-order valence-electron chi connectivity index (χ1n) is 15.4. The molecule has 0 aliphatic carbocycles. The van der Waals surface area contributed by atoms with Crippen LogP contribution in [0.4, 0.5) is 0 Å². The molecular weight excluding hydrogens is 600 g/mol. The van der Waals surface area contributed by atoms with Gasteiger partial charge in [0.15, 0.2) is 5.79 Å². The highest BCUT2D eigenvalue weighted by Gasteiger charge is 2.44. The summed E-state index contributed by atoms with van der Waals surface area (Å²) in [7, 11) is 3.27. The molecule has 0 unspecified atom stereocenters. The van der Waals surface area contributed by atoms with Crippen molar-refractivity contribution in [2.24, 2.45) is 5.41 Å². The Morgan fingerprint density at radius 3 is 1.91 bits per heavy atom. The van der Waals surface area contributed by atoms with Crippen LogP contribution in [0.15, 0.2) is 94.6 Å². The van der Waals surface area contributed by atoms with Crippen molar-refractivity contribution in [3.8, 4) is 11.5 Å². The highest BCUT2D eigenvalue weighted by atomic mass is 16.7. The van der Waals surface area contributed by atoms with Crippen LogP contribution in [0, 0.1) is 12.3 Å². The Balaban J connectivity index is 1.51. The third-order valence-electron chi connectivity index (χ3n) is 8.60. The number of benzene rings is 3. The van der Waals surface area contributed by atoms with E-state index in [1.54, 1.807) is 21.1 Å². The van der Waals surface area contributed by atoms with Gasteiger partial charge < -0.3 is 24.3 Å². The first kappa shape index (κ1) is 33.6. The highest BCUT2D eigenvalue weighted by molar-refractivity contribution is 5.75. The number of carbonyl (C=O) groups is 1. The summed E-state index contributed by atoms with van der Waals surface area (Å²) in [6.45, 7) is 6.20. The van der Waals surface area contributed by atoms with Crippen molar-refractivity contribution in [1.82, 2.24) is 20.2 Å². The normalized spacial score (nSPS) is 15.5. The van der Waals surface area contributed by atoms with Gasteiger partial charge in [-0.1, -0.05) is 54.6 Å². The van der Waals surface area contributed by atoms with E-state index in [2.05, 4.69) is 27.8 Å². The van der Waals surface area contributed by atoms with Gasteiger partial charge >= 0.3 is 5.69 Å². The average molecular weight is 643 g/mol. The minimum atomic E-state index is -0.843. The average Bonchev–Trinajstić information content (AvgIpc) is 3.08. The van der Waals surface area contributed by atoms with E-state index in [9.17, 15) is 14.4 Å². The number of H-pyrrole nitrogens is 1. The molecule has 11 heteroatoms. The Labute approximate surface area is 273 Å². The summed E-state index contributed by atoms with van der Waals surface area (Å²) >= 11 is 0. The third-order valence-corrected chi connectivity index (χ3v) is 8.60. The predicted octanol–water partition coefficient (Wildman–Crippen LogP) is 3.33. The van der Waals surface area contributed by atoms with E-state index < -0.39 is 28.0 Å². The lowest BCUT2D eigenvalue weighted by atomic mass is 9.75. The van der Waals surface area contributed by atoms with E-state index in [4.69, 9.17) is 18.9 Å². The lowest BCUT2D eigenvalue weighted by Crippen LogP contribution is -2.59. The SMILES string of the molecule is COc1ccc(C(NCC2(CNC(=O)Cn3cc(C)c(=O)[nH]c3=O)COC(C)(C)OC2)(c2ccccc2)c2ccc(OC)cc2)cc1. The van der Waals surface area contributed by atoms with Gasteiger partial charge in [0.1, 0.15) is 18.0 Å². The van der Waals surface area contributed by atoms with Gasteiger partial charge in [-0.3, -0.25) is 24.5 Å². The van der Waals surface area contributed by atoms with Gasteiger partial charge in [0.05, 0.1) is 33.0 Å². The molecule has 11 nitrogen and oxygen atoms in total. The number of aryl methyl sites for hydroxylation is 1. The summed E-state index contributed by atoms with van der Waals surface area (Å²) in [5, 5.41) is 6.90. The standard InChI is InChI=1S/C36H42N4O7/c1-25-19-40(33(43)39-32(25)42)20-31(41)37-21-35(23-46-34(2,3)47-24-35)22-38-36(26-9-7-6-8-10-26,27-11-15-29(44-4)16-12-27)28-13-17-30(45-5)18-14-28/h6-19,38H,20-24H2,1-5H3,(H,37,41)(H,39,42,43). The first-order chi connectivity index (χ1) is 22.5. The number of aromatic amines is 1. The van der Waals surface area contributed by atoms with Gasteiger partial charge in [-0.15, -0.1) is 0 Å². The van der Waals surface area contributed by atoms with Crippen LogP contribution in [-0.2, 0) is 26.4 Å². The Bertz CT molecular complexity index is 1720. The van der Waals surface area contributed by atoms with Crippen LogP contribution in [0.3, 0.4) is 0 Å². The minimum absolute atomic E-state index is 0.197. The molecule has 1 aliphatic heterocycles. The zero-order valence-corrected chi connectivity index (χ0v) is 27.4. The molecule has 1 amide bonds. The summed E-state index contributed by atoms with van der Waals surface area (Å²) in [4.78, 5) is 39.5. The minimum Gasteiger partial charge on any atom is -0.497 e. The fourth-order valence-electron chi connectivity index (χ4n) is 5.73. The smallest absolute Gasteiger partial charge is 0.328 e. The van der Waals surface area contributed by atoms with Crippen LogP contribution in [-0.4, -0.2) is 61.8 Å². The lowest BCUT2D eigenvalue weighted by Gasteiger charge is -2.46. The lowest BCUT2D eigenvalue weighted by molar-refractivity contribution is -0.283. The number of carbonyl (C=O) groups excluding carboxylic acids is 1.